The Hall–Kier alpha value is -1.76. The van der Waals surface area contributed by atoms with Gasteiger partial charge in [-0.05, 0) is 35.0 Å². The van der Waals surface area contributed by atoms with Crippen LogP contribution in [0.2, 0.25) is 0 Å². The van der Waals surface area contributed by atoms with Crippen LogP contribution >= 0.6 is 15.9 Å². The first-order chi connectivity index (χ1) is 8.70. The fraction of sp³-hybridized carbons (Fsp3) is 0.273. The SMILES string of the molecule is CCOC(=O)Cc1nc(-c2ncccc2Br)no1. The fourth-order valence-corrected chi connectivity index (χ4v) is 1.74. The largest absolute Gasteiger partial charge is 0.466 e. The number of ether oxygens (including phenoxy) is 1. The van der Waals surface area contributed by atoms with Crippen molar-refractivity contribution in [2.45, 2.75) is 13.3 Å². The molecule has 0 spiro atoms. The third-order valence-electron chi connectivity index (χ3n) is 2.04. The van der Waals surface area contributed by atoms with E-state index < -0.39 is 5.97 Å². The average molecular weight is 312 g/mol. The first-order valence-electron chi connectivity index (χ1n) is 5.29. The smallest absolute Gasteiger partial charge is 0.315 e. The van der Waals surface area contributed by atoms with Crippen LogP contribution in [0.15, 0.2) is 27.3 Å². The van der Waals surface area contributed by atoms with Gasteiger partial charge in [0.25, 0.3) is 0 Å². The average Bonchev–Trinajstić information content (AvgIpc) is 2.78. The van der Waals surface area contributed by atoms with E-state index in [2.05, 4.69) is 31.1 Å². The second-order valence-electron chi connectivity index (χ2n) is 3.33. The molecule has 0 atom stereocenters. The monoisotopic (exact) mass is 311 g/mol. The third-order valence-corrected chi connectivity index (χ3v) is 2.68. The lowest BCUT2D eigenvalue weighted by atomic mass is 10.3. The summed E-state index contributed by atoms with van der Waals surface area (Å²) in [5.41, 5.74) is 0.566. The quantitative estimate of drug-likeness (QED) is 0.804. The lowest BCUT2D eigenvalue weighted by Crippen LogP contribution is -2.07. The van der Waals surface area contributed by atoms with Gasteiger partial charge in [-0.15, -0.1) is 0 Å². The molecule has 0 bridgehead atoms. The maximum absolute atomic E-state index is 11.3. The van der Waals surface area contributed by atoms with Gasteiger partial charge >= 0.3 is 5.97 Å². The van der Waals surface area contributed by atoms with Gasteiger partial charge in [-0.25, -0.2) is 0 Å². The van der Waals surface area contributed by atoms with Crippen molar-refractivity contribution < 1.29 is 14.1 Å². The van der Waals surface area contributed by atoms with E-state index in [0.717, 1.165) is 4.47 Å². The highest BCUT2D eigenvalue weighted by molar-refractivity contribution is 9.10. The summed E-state index contributed by atoms with van der Waals surface area (Å²) in [6.45, 7) is 2.06. The molecule has 0 amide bonds. The minimum atomic E-state index is -0.396. The Labute approximate surface area is 111 Å². The van der Waals surface area contributed by atoms with E-state index >= 15 is 0 Å². The van der Waals surface area contributed by atoms with Gasteiger partial charge in [-0.3, -0.25) is 9.78 Å². The Balaban J connectivity index is 2.16. The van der Waals surface area contributed by atoms with Crippen molar-refractivity contribution in [3.63, 3.8) is 0 Å². The zero-order valence-electron chi connectivity index (χ0n) is 9.59. The van der Waals surface area contributed by atoms with Crippen LogP contribution in [0.5, 0.6) is 0 Å². The number of rotatable bonds is 4. The summed E-state index contributed by atoms with van der Waals surface area (Å²) in [6.07, 6.45) is 1.59. The van der Waals surface area contributed by atoms with Gasteiger partial charge < -0.3 is 9.26 Å². The normalized spacial score (nSPS) is 10.3. The molecular formula is C11H10BrN3O3. The number of pyridine rings is 1. The summed E-state index contributed by atoms with van der Waals surface area (Å²) < 4.78 is 10.5. The topological polar surface area (TPSA) is 78.1 Å². The standard InChI is InChI=1S/C11H10BrN3O3/c1-2-17-9(16)6-8-14-11(15-18-8)10-7(12)4-3-5-13-10/h3-5H,2,6H2,1H3. The zero-order chi connectivity index (χ0) is 13.0. The van der Waals surface area contributed by atoms with Crippen LogP contribution < -0.4 is 0 Å². The Morgan fingerprint density at radius 2 is 2.39 bits per heavy atom. The Morgan fingerprint density at radius 1 is 1.56 bits per heavy atom. The molecule has 0 unspecified atom stereocenters. The van der Waals surface area contributed by atoms with Crippen molar-refractivity contribution in [1.82, 2.24) is 15.1 Å². The van der Waals surface area contributed by atoms with Crippen molar-refractivity contribution in [2.24, 2.45) is 0 Å². The molecule has 2 aromatic heterocycles. The third kappa shape index (κ3) is 2.92. The Kier molecular flexibility index (Phi) is 4.03. The van der Waals surface area contributed by atoms with Crippen molar-refractivity contribution in [3.05, 3.63) is 28.7 Å². The predicted molar refractivity (Wildman–Crippen MR) is 65.6 cm³/mol. The Morgan fingerprint density at radius 3 is 3.11 bits per heavy atom. The highest BCUT2D eigenvalue weighted by Gasteiger charge is 2.15. The van der Waals surface area contributed by atoms with Gasteiger partial charge in [0.1, 0.15) is 12.1 Å². The number of carbonyl (C=O) groups excluding carboxylic acids is 1. The van der Waals surface area contributed by atoms with Crippen LogP contribution in [0.25, 0.3) is 11.5 Å². The van der Waals surface area contributed by atoms with Crippen molar-refractivity contribution in [1.29, 1.82) is 0 Å². The molecule has 0 saturated heterocycles. The van der Waals surface area contributed by atoms with Gasteiger partial charge in [0.05, 0.1) is 6.61 Å². The van der Waals surface area contributed by atoms with E-state index in [4.69, 9.17) is 9.26 Å². The minimum absolute atomic E-state index is 0.0364. The second-order valence-corrected chi connectivity index (χ2v) is 4.18. The number of aromatic nitrogens is 3. The van der Waals surface area contributed by atoms with Gasteiger partial charge in [-0.1, -0.05) is 5.16 Å². The van der Waals surface area contributed by atoms with Crippen LogP contribution in [0.4, 0.5) is 0 Å². The molecule has 7 heteroatoms. The molecule has 18 heavy (non-hydrogen) atoms. The van der Waals surface area contributed by atoms with Gasteiger partial charge in [0.15, 0.2) is 0 Å². The van der Waals surface area contributed by atoms with Crippen molar-refractivity contribution in [3.8, 4) is 11.5 Å². The van der Waals surface area contributed by atoms with Crippen LogP contribution in [0, 0.1) is 0 Å². The maximum Gasteiger partial charge on any atom is 0.315 e. The van der Waals surface area contributed by atoms with Crippen LogP contribution in [-0.2, 0) is 16.0 Å². The number of esters is 1. The molecule has 0 aromatic carbocycles. The molecule has 94 valence electrons. The van der Waals surface area contributed by atoms with E-state index in [9.17, 15) is 4.79 Å². The van der Waals surface area contributed by atoms with E-state index in [-0.39, 0.29) is 12.3 Å². The summed E-state index contributed by atoms with van der Waals surface area (Å²) in [7, 11) is 0. The van der Waals surface area contributed by atoms with Crippen molar-refractivity contribution in [2.75, 3.05) is 6.61 Å². The highest BCUT2D eigenvalue weighted by atomic mass is 79.9. The summed E-state index contributed by atoms with van der Waals surface area (Å²) in [5, 5.41) is 3.77. The number of hydrogen-bond donors (Lipinski definition) is 0. The predicted octanol–water partition coefficient (Wildman–Crippen LogP) is 2.00. The summed E-state index contributed by atoms with van der Waals surface area (Å²) in [5.74, 6) is 0.149. The highest BCUT2D eigenvalue weighted by Crippen LogP contribution is 2.22. The van der Waals surface area contributed by atoms with E-state index in [1.165, 1.54) is 0 Å². The lowest BCUT2D eigenvalue weighted by molar-refractivity contribution is -0.142. The maximum atomic E-state index is 11.3. The molecule has 0 saturated carbocycles. The molecule has 2 heterocycles. The molecule has 0 aliphatic heterocycles. The van der Waals surface area contributed by atoms with Gasteiger partial charge in [-0.2, -0.15) is 4.98 Å². The van der Waals surface area contributed by atoms with E-state index in [1.807, 2.05) is 6.07 Å². The van der Waals surface area contributed by atoms with Crippen molar-refractivity contribution >= 4 is 21.9 Å². The van der Waals surface area contributed by atoms with E-state index in [1.54, 1.807) is 19.2 Å². The number of hydrogen-bond acceptors (Lipinski definition) is 6. The minimum Gasteiger partial charge on any atom is -0.466 e. The van der Waals surface area contributed by atoms with Gasteiger partial charge in [0.2, 0.25) is 11.7 Å². The second kappa shape index (κ2) is 5.72. The molecule has 0 aliphatic rings. The number of carbonyl (C=O) groups is 1. The summed E-state index contributed by atoms with van der Waals surface area (Å²) in [4.78, 5) is 19.5. The molecule has 0 fully saturated rings. The molecule has 0 aliphatic carbocycles. The number of nitrogens with zero attached hydrogens (tertiary/aromatic N) is 3. The van der Waals surface area contributed by atoms with Gasteiger partial charge in [0, 0.05) is 10.7 Å². The summed E-state index contributed by atoms with van der Waals surface area (Å²) >= 11 is 3.34. The molecule has 6 nitrogen and oxygen atoms in total. The zero-order valence-corrected chi connectivity index (χ0v) is 11.2. The molecule has 0 N–H and O–H groups in total. The molecule has 2 rings (SSSR count). The van der Waals surface area contributed by atoms with Crippen LogP contribution in [0.1, 0.15) is 12.8 Å². The van der Waals surface area contributed by atoms with E-state index in [0.29, 0.717) is 18.1 Å². The Bertz CT molecular complexity index is 556. The summed E-state index contributed by atoms with van der Waals surface area (Å²) in [6, 6.07) is 3.61. The first-order valence-corrected chi connectivity index (χ1v) is 6.09. The lowest BCUT2D eigenvalue weighted by Gasteiger charge is -1.96. The number of halogens is 1. The van der Waals surface area contributed by atoms with Crippen LogP contribution in [0.3, 0.4) is 0 Å². The molecule has 2 aromatic rings. The first kappa shape index (κ1) is 12.7. The fourth-order valence-electron chi connectivity index (χ4n) is 1.31. The van der Waals surface area contributed by atoms with Crippen LogP contribution in [-0.4, -0.2) is 27.7 Å². The molecule has 0 radical (unpaired) electrons. The molecular weight excluding hydrogens is 302 g/mol.